The number of hydrogen-bond acceptors (Lipinski definition) is 3. The summed E-state index contributed by atoms with van der Waals surface area (Å²) in [7, 11) is 1.58. The molecule has 19 heavy (non-hydrogen) atoms. The van der Waals surface area contributed by atoms with Crippen molar-refractivity contribution >= 4 is 11.9 Å². The summed E-state index contributed by atoms with van der Waals surface area (Å²) in [5, 5.41) is 0. The van der Waals surface area contributed by atoms with E-state index < -0.39 is 0 Å². The van der Waals surface area contributed by atoms with E-state index in [0.29, 0.717) is 5.75 Å². The largest absolute Gasteiger partial charge is 0.496 e. The van der Waals surface area contributed by atoms with Gasteiger partial charge in [0.2, 0.25) is 0 Å². The van der Waals surface area contributed by atoms with Gasteiger partial charge in [0.05, 0.1) is 7.11 Å². The summed E-state index contributed by atoms with van der Waals surface area (Å²) >= 11 is 1.70. The van der Waals surface area contributed by atoms with E-state index >= 15 is 0 Å². The van der Waals surface area contributed by atoms with Crippen molar-refractivity contribution in [2.75, 3.05) is 7.11 Å². The molecule has 1 atom stereocenters. The Labute approximate surface area is 120 Å². The molecule has 108 valence electrons. The quantitative estimate of drug-likeness (QED) is 0.765. The molecule has 1 unspecified atom stereocenters. The van der Waals surface area contributed by atoms with Gasteiger partial charge in [-0.05, 0) is 33.3 Å². The first-order valence-corrected chi connectivity index (χ1v) is 7.46. The minimum Gasteiger partial charge on any atom is -0.496 e. The maximum Gasteiger partial charge on any atom is 0.126 e. The Bertz CT molecular complexity index is 404. The summed E-state index contributed by atoms with van der Waals surface area (Å²) in [6.07, 6.45) is 2.05. The van der Waals surface area contributed by atoms with Gasteiger partial charge in [-0.1, -0.05) is 31.4 Å². The van der Waals surface area contributed by atoms with E-state index in [2.05, 4.69) is 32.4 Å². The standard InChI is InChI=1S/C15H24FNOS/c1-6-7-13(17-19-15(2,3)4)12-9-8-11(16)10-14(12)18-5/h8-10,13,17H,6-7H2,1-5H3. The smallest absolute Gasteiger partial charge is 0.126 e. The SMILES string of the molecule is CCCC(NSC(C)(C)C)c1ccc(F)cc1OC. The van der Waals surface area contributed by atoms with Gasteiger partial charge in [-0.2, -0.15) is 0 Å². The molecule has 0 radical (unpaired) electrons. The van der Waals surface area contributed by atoms with E-state index in [4.69, 9.17) is 4.74 Å². The van der Waals surface area contributed by atoms with E-state index in [-0.39, 0.29) is 16.6 Å². The van der Waals surface area contributed by atoms with Gasteiger partial charge >= 0.3 is 0 Å². The van der Waals surface area contributed by atoms with Crippen LogP contribution in [0.1, 0.15) is 52.1 Å². The zero-order valence-electron chi connectivity index (χ0n) is 12.4. The lowest BCUT2D eigenvalue weighted by Gasteiger charge is -2.25. The zero-order valence-corrected chi connectivity index (χ0v) is 13.2. The minimum absolute atomic E-state index is 0.138. The Morgan fingerprint density at radius 1 is 1.37 bits per heavy atom. The van der Waals surface area contributed by atoms with Crippen LogP contribution in [0, 0.1) is 5.82 Å². The third-order valence-electron chi connectivity index (χ3n) is 2.66. The van der Waals surface area contributed by atoms with Crippen LogP contribution in [0.15, 0.2) is 18.2 Å². The number of ether oxygens (including phenoxy) is 1. The Morgan fingerprint density at radius 2 is 2.05 bits per heavy atom. The highest BCUT2D eigenvalue weighted by Gasteiger charge is 2.19. The van der Waals surface area contributed by atoms with Gasteiger partial charge < -0.3 is 4.74 Å². The molecule has 1 N–H and O–H groups in total. The third kappa shape index (κ3) is 5.41. The van der Waals surface area contributed by atoms with E-state index in [1.54, 1.807) is 19.1 Å². The third-order valence-corrected chi connectivity index (χ3v) is 3.67. The molecule has 0 aliphatic rings. The number of nitrogens with one attached hydrogen (secondary N) is 1. The molecule has 2 nitrogen and oxygen atoms in total. The molecular formula is C15H24FNOS. The van der Waals surface area contributed by atoms with Gasteiger partial charge in [0.25, 0.3) is 0 Å². The first-order valence-electron chi connectivity index (χ1n) is 6.64. The molecule has 0 saturated carbocycles. The predicted octanol–water partition coefficient (Wildman–Crippen LogP) is 4.71. The molecule has 0 aliphatic carbocycles. The molecule has 0 spiro atoms. The van der Waals surface area contributed by atoms with Gasteiger partial charge in [-0.3, -0.25) is 4.72 Å². The average molecular weight is 285 g/mol. The van der Waals surface area contributed by atoms with E-state index in [0.717, 1.165) is 18.4 Å². The number of benzene rings is 1. The fourth-order valence-corrected chi connectivity index (χ4v) is 2.53. The van der Waals surface area contributed by atoms with Gasteiger partial charge in [0.15, 0.2) is 0 Å². The van der Waals surface area contributed by atoms with Crippen molar-refractivity contribution < 1.29 is 9.13 Å². The van der Waals surface area contributed by atoms with Crippen LogP contribution in [0.3, 0.4) is 0 Å². The van der Waals surface area contributed by atoms with Crippen LogP contribution < -0.4 is 9.46 Å². The van der Waals surface area contributed by atoms with Gasteiger partial charge in [0.1, 0.15) is 11.6 Å². The molecule has 1 aromatic carbocycles. The van der Waals surface area contributed by atoms with E-state index in [9.17, 15) is 4.39 Å². The van der Waals surface area contributed by atoms with E-state index in [1.165, 1.54) is 12.1 Å². The summed E-state index contributed by atoms with van der Waals surface area (Å²) in [6, 6.07) is 4.92. The van der Waals surface area contributed by atoms with Crippen molar-refractivity contribution in [1.29, 1.82) is 0 Å². The summed E-state index contributed by atoms with van der Waals surface area (Å²) in [4.78, 5) is 0. The average Bonchev–Trinajstić information content (AvgIpc) is 2.33. The molecule has 0 amide bonds. The Hall–Kier alpha value is -0.740. The Kier molecular flexibility index (Phi) is 6.14. The Balaban J connectivity index is 2.91. The number of rotatable bonds is 6. The minimum atomic E-state index is -0.265. The molecule has 4 heteroatoms. The molecule has 0 heterocycles. The van der Waals surface area contributed by atoms with Crippen LogP contribution >= 0.6 is 11.9 Å². The predicted molar refractivity (Wildman–Crippen MR) is 81.1 cm³/mol. The van der Waals surface area contributed by atoms with Crippen molar-refractivity contribution in [3.63, 3.8) is 0 Å². The van der Waals surface area contributed by atoms with Gasteiger partial charge in [0, 0.05) is 22.4 Å². The van der Waals surface area contributed by atoms with Gasteiger partial charge in [-0.15, -0.1) is 0 Å². The fraction of sp³-hybridized carbons (Fsp3) is 0.600. The van der Waals surface area contributed by atoms with E-state index in [1.807, 2.05) is 6.07 Å². The highest BCUT2D eigenvalue weighted by Crippen LogP contribution is 2.32. The second-order valence-electron chi connectivity index (χ2n) is 5.56. The second-order valence-corrected chi connectivity index (χ2v) is 7.22. The Morgan fingerprint density at radius 3 is 2.58 bits per heavy atom. The molecule has 0 aromatic heterocycles. The summed E-state index contributed by atoms with van der Waals surface area (Å²) < 4.78 is 22.2. The first-order chi connectivity index (χ1) is 8.87. The topological polar surface area (TPSA) is 21.3 Å². The van der Waals surface area contributed by atoms with Crippen LogP contribution in [0.25, 0.3) is 0 Å². The number of methoxy groups -OCH3 is 1. The number of halogens is 1. The molecule has 0 bridgehead atoms. The summed E-state index contributed by atoms with van der Waals surface area (Å²) in [6.45, 7) is 8.63. The zero-order chi connectivity index (χ0) is 14.5. The van der Waals surface area contributed by atoms with Crippen molar-refractivity contribution in [3.8, 4) is 5.75 Å². The lowest BCUT2D eigenvalue weighted by atomic mass is 10.0. The number of hydrogen-bond donors (Lipinski definition) is 1. The molecule has 0 saturated heterocycles. The van der Waals surface area contributed by atoms with Crippen molar-refractivity contribution in [1.82, 2.24) is 4.72 Å². The molecular weight excluding hydrogens is 261 g/mol. The van der Waals surface area contributed by atoms with Crippen LogP contribution in [-0.2, 0) is 0 Å². The maximum absolute atomic E-state index is 13.3. The lowest BCUT2D eigenvalue weighted by Crippen LogP contribution is -2.22. The monoisotopic (exact) mass is 285 g/mol. The molecule has 0 fully saturated rings. The molecule has 1 aromatic rings. The van der Waals surface area contributed by atoms with Gasteiger partial charge in [-0.25, -0.2) is 4.39 Å². The van der Waals surface area contributed by atoms with Crippen LogP contribution in [0.2, 0.25) is 0 Å². The van der Waals surface area contributed by atoms with Crippen LogP contribution in [-0.4, -0.2) is 11.9 Å². The normalized spacial score (nSPS) is 13.4. The highest BCUT2D eigenvalue weighted by molar-refractivity contribution is 7.98. The summed E-state index contributed by atoms with van der Waals surface area (Å²) in [5.74, 6) is 0.347. The van der Waals surface area contributed by atoms with Crippen LogP contribution in [0.5, 0.6) is 5.75 Å². The maximum atomic E-state index is 13.3. The lowest BCUT2D eigenvalue weighted by molar-refractivity contribution is 0.398. The van der Waals surface area contributed by atoms with Crippen molar-refractivity contribution in [2.45, 2.75) is 51.3 Å². The summed E-state index contributed by atoms with van der Waals surface area (Å²) in [5.41, 5.74) is 1.02. The fourth-order valence-electron chi connectivity index (χ4n) is 1.79. The van der Waals surface area contributed by atoms with Crippen LogP contribution in [0.4, 0.5) is 4.39 Å². The second kappa shape index (κ2) is 7.15. The first kappa shape index (κ1) is 16.3. The molecule has 1 rings (SSSR count). The van der Waals surface area contributed by atoms with Crippen molar-refractivity contribution in [3.05, 3.63) is 29.6 Å². The highest BCUT2D eigenvalue weighted by atomic mass is 32.2. The molecule has 0 aliphatic heterocycles. The van der Waals surface area contributed by atoms with Crippen molar-refractivity contribution in [2.24, 2.45) is 0 Å².